The first kappa shape index (κ1) is 17.0. The molecule has 20 heavy (non-hydrogen) atoms. The molecule has 0 bridgehead atoms. The van der Waals surface area contributed by atoms with Gasteiger partial charge in [-0.3, -0.25) is 9.59 Å². The number of amides is 2. The maximum absolute atomic E-state index is 12.5. The third-order valence-corrected chi connectivity index (χ3v) is 3.57. The molecular formula is C15H29N3O2. The standard InChI is InChI=1S/C15H29N3O2/c1-3-9-17-14(19)12-18(11-4-2)15(20)13-8-6-5-7-10-16-13/h13,16H,3-12H2,1-2H3,(H,17,19). The van der Waals surface area contributed by atoms with E-state index >= 15 is 0 Å². The van der Waals surface area contributed by atoms with Crippen molar-refractivity contribution in [2.24, 2.45) is 0 Å². The lowest BCUT2D eigenvalue weighted by Crippen LogP contribution is -2.49. The summed E-state index contributed by atoms with van der Waals surface area (Å²) in [6.07, 6.45) is 6.08. The van der Waals surface area contributed by atoms with Gasteiger partial charge >= 0.3 is 0 Å². The molecule has 1 rings (SSSR count). The fourth-order valence-electron chi connectivity index (χ4n) is 2.49. The molecule has 1 aliphatic heterocycles. The lowest BCUT2D eigenvalue weighted by Gasteiger charge is -2.26. The van der Waals surface area contributed by atoms with E-state index in [0.29, 0.717) is 13.1 Å². The van der Waals surface area contributed by atoms with Gasteiger partial charge in [0.15, 0.2) is 0 Å². The van der Waals surface area contributed by atoms with Crippen molar-refractivity contribution < 1.29 is 9.59 Å². The third-order valence-electron chi connectivity index (χ3n) is 3.57. The molecule has 0 aromatic heterocycles. The molecule has 2 N–H and O–H groups in total. The number of nitrogens with zero attached hydrogens (tertiary/aromatic N) is 1. The minimum Gasteiger partial charge on any atom is -0.355 e. The molecule has 116 valence electrons. The largest absolute Gasteiger partial charge is 0.355 e. The molecule has 1 fully saturated rings. The highest BCUT2D eigenvalue weighted by Gasteiger charge is 2.25. The van der Waals surface area contributed by atoms with Crippen LogP contribution in [0.25, 0.3) is 0 Å². The molecule has 1 unspecified atom stereocenters. The summed E-state index contributed by atoms with van der Waals surface area (Å²) in [4.78, 5) is 26.1. The molecule has 0 aromatic rings. The maximum atomic E-state index is 12.5. The fraction of sp³-hybridized carbons (Fsp3) is 0.867. The van der Waals surface area contributed by atoms with Crippen LogP contribution in [0.3, 0.4) is 0 Å². The van der Waals surface area contributed by atoms with Crippen LogP contribution < -0.4 is 10.6 Å². The Morgan fingerprint density at radius 3 is 2.70 bits per heavy atom. The van der Waals surface area contributed by atoms with Gasteiger partial charge in [0, 0.05) is 13.1 Å². The second-order valence-corrected chi connectivity index (χ2v) is 5.47. The van der Waals surface area contributed by atoms with Gasteiger partial charge in [0.1, 0.15) is 0 Å². The van der Waals surface area contributed by atoms with E-state index in [1.54, 1.807) is 4.90 Å². The topological polar surface area (TPSA) is 61.4 Å². The van der Waals surface area contributed by atoms with Crippen LogP contribution in [0.5, 0.6) is 0 Å². The van der Waals surface area contributed by atoms with Gasteiger partial charge < -0.3 is 15.5 Å². The van der Waals surface area contributed by atoms with Gasteiger partial charge in [-0.2, -0.15) is 0 Å². The first-order valence-electron chi connectivity index (χ1n) is 7.97. The Morgan fingerprint density at radius 2 is 2.00 bits per heavy atom. The molecule has 2 amide bonds. The van der Waals surface area contributed by atoms with Gasteiger partial charge in [-0.25, -0.2) is 0 Å². The van der Waals surface area contributed by atoms with Gasteiger partial charge in [-0.05, 0) is 32.2 Å². The van der Waals surface area contributed by atoms with Crippen molar-refractivity contribution in [3.8, 4) is 0 Å². The summed E-state index contributed by atoms with van der Waals surface area (Å²) >= 11 is 0. The average Bonchev–Trinajstić information content (AvgIpc) is 2.73. The Morgan fingerprint density at radius 1 is 1.20 bits per heavy atom. The van der Waals surface area contributed by atoms with Gasteiger partial charge in [0.2, 0.25) is 11.8 Å². The molecule has 1 aliphatic rings. The van der Waals surface area contributed by atoms with Gasteiger partial charge in [-0.1, -0.05) is 26.7 Å². The van der Waals surface area contributed by atoms with Crippen molar-refractivity contribution in [3.05, 3.63) is 0 Å². The first-order chi connectivity index (χ1) is 9.69. The van der Waals surface area contributed by atoms with Crippen LogP contribution in [0, 0.1) is 0 Å². The van der Waals surface area contributed by atoms with E-state index in [1.165, 1.54) is 6.42 Å². The van der Waals surface area contributed by atoms with Crippen molar-refractivity contribution in [2.45, 2.75) is 58.4 Å². The van der Waals surface area contributed by atoms with E-state index in [1.807, 2.05) is 13.8 Å². The molecule has 5 nitrogen and oxygen atoms in total. The van der Waals surface area contributed by atoms with Crippen LogP contribution >= 0.6 is 0 Å². The van der Waals surface area contributed by atoms with Crippen LogP contribution in [-0.4, -0.2) is 48.9 Å². The number of hydrogen-bond donors (Lipinski definition) is 2. The molecule has 0 spiro atoms. The predicted molar refractivity (Wildman–Crippen MR) is 80.4 cm³/mol. The zero-order valence-electron chi connectivity index (χ0n) is 12.9. The third kappa shape index (κ3) is 5.90. The van der Waals surface area contributed by atoms with Crippen molar-refractivity contribution in [3.63, 3.8) is 0 Å². The summed E-state index contributed by atoms with van der Waals surface area (Å²) in [5.41, 5.74) is 0. The fourth-order valence-corrected chi connectivity index (χ4v) is 2.49. The molecule has 5 heteroatoms. The van der Waals surface area contributed by atoms with E-state index in [2.05, 4.69) is 10.6 Å². The van der Waals surface area contributed by atoms with E-state index in [-0.39, 0.29) is 24.4 Å². The average molecular weight is 283 g/mol. The summed E-state index contributed by atoms with van der Waals surface area (Å²) in [6, 6.07) is -0.108. The number of nitrogens with one attached hydrogen (secondary N) is 2. The minimum atomic E-state index is -0.108. The quantitative estimate of drug-likeness (QED) is 0.740. The SMILES string of the molecule is CCCNC(=O)CN(CCC)C(=O)C1CCCCCN1. The molecule has 0 radical (unpaired) electrons. The van der Waals surface area contributed by atoms with Gasteiger partial charge in [0.25, 0.3) is 0 Å². The van der Waals surface area contributed by atoms with Crippen molar-refractivity contribution >= 4 is 11.8 Å². The van der Waals surface area contributed by atoms with Crippen LogP contribution in [0.2, 0.25) is 0 Å². The van der Waals surface area contributed by atoms with Crippen molar-refractivity contribution in [1.82, 2.24) is 15.5 Å². The Kier molecular flexibility index (Phi) is 8.26. The van der Waals surface area contributed by atoms with Crippen LogP contribution in [0.15, 0.2) is 0 Å². The van der Waals surface area contributed by atoms with Crippen molar-refractivity contribution in [2.75, 3.05) is 26.2 Å². The number of carbonyl (C=O) groups is 2. The van der Waals surface area contributed by atoms with E-state index in [9.17, 15) is 9.59 Å². The lowest BCUT2D eigenvalue weighted by molar-refractivity contribution is -0.137. The number of hydrogen-bond acceptors (Lipinski definition) is 3. The molecule has 1 heterocycles. The highest BCUT2D eigenvalue weighted by molar-refractivity contribution is 5.87. The molecule has 0 aromatic carbocycles. The zero-order valence-corrected chi connectivity index (χ0v) is 12.9. The number of rotatable bonds is 7. The second kappa shape index (κ2) is 9.75. The predicted octanol–water partition coefficient (Wildman–Crippen LogP) is 1.28. The Bertz CT molecular complexity index is 299. The number of carbonyl (C=O) groups excluding carboxylic acids is 2. The highest BCUT2D eigenvalue weighted by atomic mass is 16.2. The lowest BCUT2D eigenvalue weighted by atomic mass is 10.1. The summed E-state index contributed by atoms with van der Waals surface area (Å²) in [7, 11) is 0. The molecule has 1 atom stereocenters. The Labute approximate surface area is 122 Å². The first-order valence-corrected chi connectivity index (χ1v) is 7.97. The van der Waals surface area contributed by atoms with Gasteiger partial charge in [0.05, 0.1) is 12.6 Å². The van der Waals surface area contributed by atoms with E-state index < -0.39 is 0 Å². The maximum Gasteiger partial charge on any atom is 0.240 e. The second-order valence-electron chi connectivity index (χ2n) is 5.47. The van der Waals surface area contributed by atoms with E-state index in [0.717, 1.165) is 38.6 Å². The Balaban J connectivity index is 2.54. The molecule has 0 saturated carbocycles. The monoisotopic (exact) mass is 283 g/mol. The normalized spacial score (nSPS) is 19.2. The van der Waals surface area contributed by atoms with E-state index in [4.69, 9.17) is 0 Å². The minimum absolute atomic E-state index is 0.0535. The smallest absolute Gasteiger partial charge is 0.240 e. The summed E-state index contributed by atoms with van der Waals surface area (Å²) in [5, 5.41) is 6.15. The summed E-state index contributed by atoms with van der Waals surface area (Å²) in [6.45, 7) is 6.46. The van der Waals surface area contributed by atoms with Crippen LogP contribution in [-0.2, 0) is 9.59 Å². The zero-order chi connectivity index (χ0) is 14.8. The molecule has 0 aliphatic carbocycles. The summed E-state index contributed by atoms with van der Waals surface area (Å²) in [5.74, 6) is 0.0303. The Hall–Kier alpha value is -1.10. The van der Waals surface area contributed by atoms with Gasteiger partial charge in [-0.15, -0.1) is 0 Å². The van der Waals surface area contributed by atoms with Crippen LogP contribution in [0.4, 0.5) is 0 Å². The molecule has 1 saturated heterocycles. The van der Waals surface area contributed by atoms with Crippen molar-refractivity contribution in [1.29, 1.82) is 0 Å². The summed E-state index contributed by atoms with van der Waals surface area (Å²) < 4.78 is 0. The highest BCUT2D eigenvalue weighted by Crippen LogP contribution is 2.11. The van der Waals surface area contributed by atoms with Crippen LogP contribution in [0.1, 0.15) is 52.4 Å². The molecular weight excluding hydrogens is 254 g/mol.